The molecule has 0 N–H and O–H groups in total. The van der Waals surface area contributed by atoms with Gasteiger partial charge in [-0.15, -0.1) is 0 Å². The number of nitrogens with zero attached hydrogens (tertiary/aromatic N) is 3. The van der Waals surface area contributed by atoms with Crippen molar-refractivity contribution in [1.29, 1.82) is 5.26 Å². The number of rotatable bonds is 2. The molecule has 2 aliphatic heterocycles. The zero-order valence-corrected chi connectivity index (χ0v) is 13.3. The van der Waals surface area contributed by atoms with Gasteiger partial charge in [0.1, 0.15) is 12.8 Å². The summed E-state index contributed by atoms with van der Waals surface area (Å²) in [7, 11) is 0. The van der Waals surface area contributed by atoms with Crippen LogP contribution in [0.25, 0.3) is 0 Å². The molecular formula is C16H16ClN3O3. The number of ether oxygens (including phenoxy) is 1. The van der Waals surface area contributed by atoms with Crippen LogP contribution in [0.15, 0.2) is 18.2 Å². The molecule has 2 heterocycles. The summed E-state index contributed by atoms with van der Waals surface area (Å²) in [4.78, 5) is 28.0. The molecule has 120 valence electrons. The summed E-state index contributed by atoms with van der Waals surface area (Å²) in [6, 6.07) is 6.84. The lowest BCUT2D eigenvalue weighted by Gasteiger charge is -2.28. The predicted octanol–water partition coefficient (Wildman–Crippen LogP) is 1.77. The average molecular weight is 334 g/mol. The molecule has 0 saturated carbocycles. The Kier molecular flexibility index (Phi) is 4.51. The van der Waals surface area contributed by atoms with Gasteiger partial charge in [0, 0.05) is 25.2 Å². The second kappa shape index (κ2) is 6.57. The minimum Gasteiger partial charge on any atom is -0.361 e. The van der Waals surface area contributed by atoms with Crippen LogP contribution >= 0.6 is 11.6 Å². The number of halogens is 1. The fourth-order valence-corrected chi connectivity index (χ4v) is 3.13. The molecular weight excluding hydrogens is 318 g/mol. The third-order valence-corrected chi connectivity index (χ3v) is 4.45. The molecule has 7 heteroatoms. The van der Waals surface area contributed by atoms with E-state index in [2.05, 4.69) is 0 Å². The summed E-state index contributed by atoms with van der Waals surface area (Å²) in [5, 5.41) is 9.21. The summed E-state index contributed by atoms with van der Waals surface area (Å²) in [5.74, 6) is -0.513. The Morgan fingerprint density at radius 1 is 1.43 bits per heavy atom. The first kappa shape index (κ1) is 15.8. The van der Waals surface area contributed by atoms with Crippen LogP contribution in [0.2, 0.25) is 5.02 Å². The zero-order valence-electron chi connectivity index (χ0n) is 12.5. The topological polar surface area (TPSA) is 73.6 Å². The van der Waals surface area contributed by atoms with Crippen molar-refractivity contribution >= 4 is 29.1 Å². The number of carbonyl (C=O) groups is 2. The molecule has 0 radical (unpaired) electrons. The van der Waals surface area contributed by atoms with E-state index in [9.17, 15) is 9.59 Å². The second-order valence-electron chi connectivity index (χ2n) is 5.67. The lowest BCUT2D eigenvalue weighted by atomic mass is 10.1. The first-order chi connectivity index (χ1) is 11.1. The van der Waals surface area contributed by atoms with Gasteiger partial charge in [-0.1, -0.05) is 11.6 Å². The summed E-state index contributed by atoms with van der Waals surface area (Å²) >= 11 is 6.02. The third-order valence-electron chi connectivity index (χ3n) is 4.13. The Morgan fingerprint density at radius 2 is 2.26 bits per heavy atom. The quantitative estimate of drug-likeness (QED) is 0.826. The van der Waals surface area contributed by atoms with Gasteiger partial charge in [-0.2, -0.15) is 5.26 Å². The number of anilines is 1. The molecule has 1 aromatic rings. The molecule has 2 aliphatic rings. The molecule has 1 unspecified atom stereocenters. The zero-order chi connectivity index (χ0) is 16.4. The van der Waals surface area contributed by atoms with Crippen molar-refractivity contribution in [1.82, 2.24) is 4.90 Å². The van der Waals surface area contributed by atoms with Crippen molar-refractivity contribution in [2.24, 2.45) is 5.92 Å². The van der Waals surface area contributed by atoms with E-state index >= 15 is 0 Å². The fraction of sp³-hybridized carbons (Fsp3) is 0.438. The smallest absolute Gasteiger partial charge is 0.229 e. The minimum atomic E-state index is -0.362. The fourth-order valence-electron chi connectivity index (χ4n) is 2.91. The largest absolute Gasteiger partial charge is 0.361 e. The maximum absolute atomic E-state index is 12.5. The molecule has 1 atom stereocenters. The molecule has 0 aliphatic carbocycles. The van der Waals surface area contributed by atoms with Gasteiger partial charge >= 0.3 is 0 Å². The Morgan fingerprint density at radius 3 is 2.91 bits per heavy atom. The molecule has 0 spiro atoms. The molecule has 0 aromatic heterocycles. The standard InChI is InChI=1S/C16H16ClN3O3/c17-14-7-13(3-2-11(14)8-18)20-9-12(6-15(20)21)16(22)19-4-1-5-23-10-19/h2-3,7,12H,1,4-6,9-10H2. The van der Waals surface area contributed by atoms with Crippen molar-refractivity contribution in [3.63, 3.8) is 0 Å². The van der Waals surface area contributed by atoms with Crippen molar-refractivity contribution in [2.45, 2.75) is 12.8 Å². The van der Waals surface area contributed by atoms with E-state index in [1.54, 1.807) is 28.0 Å². The van der Waals surface area contributed by atoms with E-state index in [1.165, 1.54) is 0 Å². The number of carbonyl (C=O) groups excluding carboxylic acids is 2. The first-order valence-electron chi connectivity index (χ1n) is 7.46. The summed E-state index contributed by atoms with van der Waals surface area (Å²) in [6.45, 7) is 1.97. The SMILES string of the molecule is N#Cc1ccc(N2CC(C(=O)N3CCCOC3)CC2=O)cc1Cl. The monoisotopic (exact) mass is 333 g/mol. The molecule has 0 bridgehead atoms. The van der Waals surface area contributed by atoms with E-state index < -0.39 is 0 Å². The van der Waals surface area contributed by atoms with Crippen molar-refractivity contribution < 1.29 is 14.3 Å². The van der Waals surface area contributed by atoms with E-state index in [-0.39, 0.29) is 24.2 Å². The lowest BCUT2D eigenvalue weighted by molar-refractivity contribution is -0.145. The van der Waals surface area contributed by atoms with Gasteiger partial charge < -0.3 is 14.5 Å². The van der Waals surface area contributed by atoms with Crippen molar-refractivity contribution in [2.75, 3.05) is 31.3 Å². The minimum absolute atomic E-state index is 0.0414. The van der Waals surface area contributed by atoms with Crippen molar-refractivity contribution in [3.05, 3.63) is 28.8 Å². The Hall–Kier alpha value is -2.10. The Labute approximate surface area is 139 Å². The maximum Gasteiger partial charge on any atom is 0.229 e. The van der Waals surface area contributed by atoms with Crippen LogP contribution in [0.5, 0.6) is 0 Å². The highest BCUT2D eigenvalue weighted by atomic mass is 35.5. The number of hydrogen-bond acceptors (Lipinski definition) is 4. The van der Waals surface area contributed by atoms with E-state index in [0.717, 1.165) is 6.42 Å². The van der Waals surface area contributed by atoms with Crippen LogP contribution in [0.3, 0.4) is 0 Å². The van der Waals surface area contributed by atoms with E-state index in [0.29, 0.717) is 42.7 Å². The highest BCUT2D eigenvalue weighted by Gasteiger charge is 2.37. The van der Waals surface area contributed by atoms with Crippen LogP contribution < -0.4 is 4.90 Å². The molecule has 2 saturated heterocycles. The van der Waals surface area contributed by atoms with Gasteiger partial charge in [0.2, 0.25) is 11.8 Å². The maximum atomic E-state index is 12.5. The first-order valence-corrected chi connectivity index (χ1v) is 7.84. The number of hydrogen-bond donors (Lipinski definition) is 0. The highest BCUT2D eigenvalue weighted by molar-refractivity contribution is 6.32. The molecule has 2 fully saturated rings. The number of benzene rings is 1. The Bertz CT molecular complexity index is 680. The van der Waals surface area contributed by atoms with Crippen LogP contribution in [0.4, 0.5) is 5.69 Å². The van der Waals surface area contributed by atoms with Crippen LogP contribution in [0, 0.1) is 17.2 Å². The van der Waals surface area contributed by atoms with Gasteiger partial charge in [0.15, 0.2) is 0 Å². The van der Waals surface area contributed by atoms with E-state index in [4.69, 9.17) is 21.6 Å². The summed E-state index contributed by atoms with van der Waals surface area (Å²) in [5.41, 5.74) is 0.976. The average Bonchev–Trinajstić information content (AvgIpc) is 2.96. The lowest BCUT2D eigenvalue weighted by Crippen LogP contribution is -2.42. The molecule has 6 nitrogen and oxygen atoms in total. The van der Waals surface area contributed by atoms with Gasteiger partial charge in [-0.05, 0) is 24.6 Å². The summed E-state index contributed by atoms with van der Waals surface area (Å²) < 4.78 is 5.30. The number of amides is 2. The van der Waals surface area contributed by atoms with Crippen LogP contribution in [0.1, 0.15) is 18.4 Å². The summed E-state index contributed by atoms with van der Waals surface area (Å²) in [6.07, 6.45) is 1.01. The van der Waals surface area contributed by atoms with Gasteiger partial charge in [0.25, 0.3) is 0 Å². The predicted molar refractivity (Wildman–Crippen MR) is 83.8 cm³/mol. The normalized spacial score (nSPS) is 21.4. The van der Waals surface area contributed by atoms with Gasteiger partial charge in [-0.25, -0.2) is 0 Å². The van der Waals surface area contributed by atoms with Crippen molar-refractivity contribution in [3.8, 4) is 6.07 Å². The Balaban J connectivity index is 1.73. The molecule has 1 aromatic carbocycles. The number of nitriles is 1. The van der Waals surface area contributed by atoms with Crippen LogP contribution in [-0.2, 0) is 14.3 Å². The second-order valence-corrected chi connectivity index (χ2v) is 6.08. The van der Waals surface area contributed by atoms with Crippen LogP contribution in [-0.4, -0.2) is 43.1 Å². The molecule has 3 rings (SSSR count). The third kappa shape index (κ3) is 3.16. The highest BCUT2D eigenvalue weighted by Crippen LogP contribution is 2.29. The van der Waals surface area contributed by atoms with Gasteiger partial charge in [-0.3, -0.25) is 9.59 Å². The molecule has 2 amide bonds. The van der Waals surface area contributed by atoms with E-state index in [1.807, 2.05) is 6.07 Å². The van der Waals surface area contributed by atoms with Gasteiger partial charge in [0.05, 0.1) is 23.1 Å². The molecule has 23 heavy (non-hydrogen) atoms.